The number of ether oxygens (including phenoxy) is 1. The van der Waals surface area contributed by atoms with Crippen molar-refractivity contribution in [3.63, 3.8) is 0 Å². The quantitative estimate of drug-likeness (QED) is 0.807. The van der Waals surface area contributed by atoms with Crippen molar-refractivity contribution >= 4 is 0 Å². The van der Waals surface area contributed by atoms with Crippen molar-refractivity contribution in [3.05, 3.63) is 0 Å². The van der Waals surface area contributed by atoms with E-state index in [4.69, 9.17) is 4.74 Å². The molecule has 0 bridgehead atoms. The Bertz CT molecular complexity index is 211. The first-order chi connectivity index (χ1) is 7.42. The number of hydrogen-bond donors (Lipinski definition) is 1. The molecule has 2 atom stereocenters. The highest BCUT2D eigenvalue weighted by molar-refractivity contribution is 4.77. The van der Waals surface area contributed by atoms with Crippen LogP contribution >= 0.6 is 0 Å². The van der Waals surface area contributed by atoms with Crippen LogP contribution in [-0.4, -0.2) is 54.6 Å². The molecule has 96 valence electrons. The monoisotopic (exact) mass is 241 g/mol. The maximum atomic E-state index is 12.0. The molecule has 3 nitrogen and oxygen atoms in total. The summed E-state index contributed by atoms with van der Waals surface area (Å²) in [5.74, 6) is 0. The Morgan fingerprint density at radius 1 is 1.50 bits per heavy atom. The minimum atomic E-state index is -4.21. The minimum absolute atomic E-state index is 0.286. The van der Waals surface area contributed by atoms with E-state index in [1.807, 2.05) is 6.92 Å². The van der Waals surface area contributed by atoms with Crippen LogP contribution in [0.3, 0.4) is 0 Å². The van der Waals surface area contributed by atoms with E-state index in [1.165, 1.54) is 0 Å². The molecule has 0 saturated carbocycles. The Hall–Kier alpha value is -0.330. The van der Waals surface area contributed by atoms with Gasteiger partial charge in [0.05, 0.1) is 18.8 Å². The highest BCUT2D eigenvalue weighted by Crippen LogP contribution is 2.24. The van der Waals surface area contributed by atoms with Gasteiger partial charge in [-0.2, -0.15) is 13.2 Å². The third kappa shape index (κ3) is 4.67. The maximum absolute atomic E-state index is 12.0. The molecule has 0 aliphatic carbocycles. The molecule has 6 heteroatoms. The van der Waals surface area contributed by atoms with E-state index in [1.54, 1.807) is 0 Å². The van der Waals surface area contributed by atoms with Gasteiger partial charge >= 0.3 is 6.18 Å². The molecule has 0 radical (unpaired) electrons. The predicted molar refractivity (Wildman–Crippen MR) is 53.1 cm³/mol. The lowest BCUT2D eigenvalue weighted by Gasteiger charge is -2.34. The maximum Gasteiger partial charge on any atom is 0.389 e. The summed E-state index contributed by atoms with van der Waals surface area (Å²) in [6, 6.07) is 0. The number of alkyl halides is 3. The summed E-state index contributed by atoms with van der Waals surface area (Å²) in [6.07, 6.45) is -6.97. The van der Waals surface area contributed by atoms with Gasteiger partial charge in [0.15, 0.2) is 0 Å². The van der Waals surface area contributed by atoms with Crippen molar-refractivity contribution in [1.29, 1.82) is 0 Å². The zero-order valence-electron chi connectivity index (χ0n) is 9.33. The summed E-state index contributed by atoms with van der Waals surface area (Å²) in [6.45, 7) is 4.56. The molecule has 1 aliphatic heterocycles. The second kappa shape index (κ2) is 5.84. The van der Waals surface area contributed by atoms with Gasteiger partial charge in [0.1, 0.15) is 0 Å². The van der Waals surface area contributed by atoms with Gasteiger partial charge in [-0.15, -0.1) is 0 Å². The van der Waals surface area contributed by atoms with Crippen molar-refractivity contribution in [2.45, 2.75) is 38.1 Å². The molecule has 0 aromatic carbocycles. The molecule has 2 unspecified atom stereocenters. The first kappa shape index (κ1) is 13.7. The third-order valence-electron chi connectivity index (χ3n) is 2.78. The molecular formula is C10H18F3NO2. The van der Waals surface area contributed by atoms with Gasteiger partial charge in [0, 0.05) is 19.5 Å². The van der Waals surface area contributed by atoms with Crippen LogP contribution in [-0.2, 0) is 4.74 Å². The van der Waals surface area contributed by atoms with Gasteiger partial charge in [-0.3, -0.25) is 4.90 Å². The molecule has 1 rings (SSSR count). The third-order valence-corrected chi connectivity index (χ3v) is 2.78. The molecule has 0 aromatic heterocycles. The lowest BCUT2D eigenvalue weighted by Crippen LogP contribution is -2.47. The van der Waals surface area contributed by atoms with Crippen LogP contribution in [0.5, 0.6) is 0 Å². The Balaban J connectivity index is 2.32. The van der Waals surface area contributed by atoms with Gasteiger partial charge in [-0.05, 0) is 13.0 Å². The standard InChI is InChI=1S/C10H18F3NO2/c1-2-14-5-6-16-9(7-14)8(15)3-4-10(11,12)13/h8-9,15H,2-7H2,1H3. The second-order valence-corrected chi connectivity index (χ2v) is 4.02. The summed E-state index contributed by atoms with van der Waals surface area (Å²) in [5.41, 5.74) is 0. The molecule has 1 N–H and O–H groups in total. The summed E-state index contributed by atoms with van der Waals surface area (Å²) in [5, 5.41) is 9.60. The van der Waals surface area contributed by atoms with E-state index in [0.29, 0.717) is 13.2 Å². The Kier molecular flexibility index (Phi) is 5.01. The second-order valence-electron chi connectivity index (χ2n) is 4.02. The first-order valence-electron chi connectivity index (χ1n) is 5.51. The normalized spacial score (nSPS) is 25.7. The van der Waals surface area contributed by atoms with Gasteiger partial charge in [-0.1, -0.05) is 6.92 Å². The fraction of sp³-hybridized carbons (Fsp3) is 1.00. The topological polar surface area (TPSA) is 32.7 Å². The predicted octanol–water partition coefficient (Wildman–Crippen LogP) is 1.41. The number of morpholine rings is 1. The SMILES string of the molecule is CCN1CCOC(C(O)CCC(F)(F)F)C1. The fourth-order valence-electron chi connectivity index (χ4n) is 1.75. The lowest BCUT2D eigenvalue weighted by atomic mass is 10.1. The van der Waals surface area contributed by atoms with Crippen LogP contribution in [0.1, 0.15) is 19.8 Å². The number of nitrogens with zero attached hydrogens (tertiary/aromatic N) is 1. The number of aliphatic hydroxyl groups excluding tert-OH is 1. The highest BCUT2D eigenvalue weighted by atomic mass is 19.4. The molecular weight excluding hydrogens is 223 g/mol. The fourth-order valence-corrected chi connectivity index (χ4v) is 1.75. The van der Waals surface area contributed by atoms with Crippen LogP contribution < -0.4 is 0 Å². The van der Waals surface area contributed by atoms with Crippen LogP contribution in [0.2, 0.25) is 0 Å². The smallest absolute Gasteiger partial charge is 0.389 e. The zero-order valence-corrected chi connectivity index (χ0v) is 9.33. The number of rotatable bonds is 4. The first-order valence-corrected chi connectivity index (χ1v) is 5.51. The van der Waals surface area contributed by atoms with Crippen molar-refractivity contribution in [2.24, 2.45) is 0 Å². The molecule has 0 spiro atoms. The van der Waals surface area contributed by atoms with Gasteiger partial charge in [0.25, 0.3) is 0 Å². The molecule has 1 saturated heterocycles. The average Bonchev–Trinajstić information content (AvgIpc) is 2.25. The van der Waals surface area contributed by atoms with E-state index < -0.39 is 24.8 Å². The summed E-state index contributed by atoms with van der Waals surface area (Å²) < 4.78 is 41.2. The lowest BCUT2D eigenvalue weighted by molar-refractivity contribution is -0.149. The highest BCUT2D eigenvalue weighted by Gasteiger charge is 2.32. The van der Waals surface area contributed by atoms with E-state index >= 15 is 0 Å². The summed E-state index contributed by atoms with van der Waals surface area (Å²) in [7, 11) is 0. The van der Waals surface area contributed by atoms with Crippen LogP contribution in [0.25, 0.3) is 0 Å². The van der Waals surface area contributed by atoms with Gasteiger partial charge in [-0.25, -0.2) is 0 Å². The zero-order chi connectivity index (χ0) is 12.2. The Labute approximate surface area is 93.2 Å². The van der Waals surface area contributed by atoms with E-state index in [2.05, 4.69) is 4.90 Å². The largest absolute Gasteiger partial charge is 0.390 e. The molecule has 16 heavy (non-hydrogen) atoms. The molecule has 1 heterocycles. The molecule has 1 fully saturated rings. The Morgan fingerprint density at radius 3 is 2.75 bits per heavy atom. The van der Waals surface area contributed by atoms with Crippen molar-refractivity contribution < 1.29 is 23.0 Å². The van der Waals surface area contributed by atoms with Crippen molar-refractivity contribution in [1.82, 2.24) is 4.90 Å². The van der Waals surface area contributed by atoms with Crippen LogP contribution in [0.4, 0.5) is 13.2 Å². The van der Waals surface area contributed by atoms with E-state index in [-0.39, 0.29) is 6.42 Å². The molecule has 0 amide bonds. The van der Waals surface area contributed by atoms with Crippen molar-refractivity contribution in [2.75, 3.05) is 26.2 Å². The van der Waals surface area contributed by atoms with Gasteiger partial charge < -0.3 is 9.84 Å². The van der Waals surface area contributed by atoms with E-state index in [0.717, 1.165) is 13.1 Å². The Morgan fingerprint density at radius 2 is 2.19 bits per heavy atom. The summed E-state index contributed by atoms with van der Waals surface area (Å²) >= 11 is 0. The number of aliphatic hydroxyl groups is 1. The number of hydrogen-bond acceptors (Lipinski definition) is 3. The van der Waals surface area contributed by atoms with Crippen LogP contribution in [0, 0.1) is 0 Å². The number of halogens is 3. The van der Waals surface area contributed by atoms with E-state index in [9.17, 15) is 18.3 Å². The summed E-state index contributed by atoms with van der Waals surface area (Å²) in [4.78, 5) is 2.06. The van der Waals surface area contributed by atoms with Crippen molar-refractivity contribution in [3.8, 4) is 0 Å². The van der Waals surface area contributed by atoms with Gasteiger partial charge in [0.2, 0.25) is 0 Å². The van der Waals surface area contributed by atoms with Crippen LogP contribution in [0.15, 0.2) is 0 Å². The molecule has 0 aromatic rings. The minimum Gasteiger partial charge on any atom is -0.390 e. The number of likely N-dealkylation sites (N-methyl/N-ethyl adjacent to an activating group) is 1. The molecule has 1 aliphatic rings. The average molecular weight is 241 g/mol.